The number of methoxy groups -OCH3 is 1. The van der Waals surface area contributed by atoms with E-state index in [0.29, 0.717) is 18.9 Å². The van der Waals surface area contributed by atoms with Crippen LogP contribution in [0.5, 0.6) is 0 Å². The summed E-state index contributed by atoms with van der Waals surface area (Å²) in [6.07, 6.45) is 6.91. The van der Waals surface area contributed by atoms with Crippen molar-refractivity contribution in [2.45, 2.75) is 6.92 Å². The molecule has 0 radical (unpaired) electrons. The summed E-state index contributed by atoms with van der Waals surface area (Å²) < 4.78 is 10.1. The molecule has 0 aromatic heterocycles. The molecule has 0 bridgehead atoms. The quantitative estimate of drug-likeness (QED) is 0.386. The smallest absolute Gasteiger partial charge is 0.258 e. The number of nitrogens with one attached hydrogen (secondary N) is 1. The molecule has 0 aromatic rings. The Kier molecular flexibility index (Phi) is 9.02. The Morgan fingerprint density at radius 3 is 2.81 bits per heavy atom. The van der Waals surface area contributed by atoms with Crippen molar-refractivity contribution in [3.8, 4) is 0 Å². The number of hydrogen-bond donors (Lipinski definition) is 1. The van der Waals surface area contributed by atoms with Crippen LogP contribution in [-0.2, 0) is 14.3 Å². The Balaban J connectivity index is 3.87. The van der Waals surface area contributed by atoms with Crippen LogP contribution in [0, 0.1) is 0 Å². The van der Waals surface area contributed by atoms with Gasteiger partial charge in [-0.3, -0.25) is 4.79 Å². The van der Waals surface area contributed by atoms with Gasteiger partial charge in [0, 0.05) is 13.7 Å². The Morgan fingerprint density at radius 2 is 2.25 bits per heavy atom. The summed E-state index contributed by atoms with van der Waals surface area (Å²) in [4.78, 5) is 11.3. The fourth-order valence-corrected chi connectivity index (χ4v) is 0.925. The van der Waals surface area contributed by atoms with E-state index in [0.717, 1.165) is 0 Å². The maximum Gasteiger partial charge on any atom is 0.258 e. The molecule has 90 valence electrons. The fraction of sp³-hybridized carbons (Fsp3) is 0.417. The first-order chi connectivity index (χ1) is 7.74. The highest BCUT2D eigenvalue weighted by Crippen LogP contribution is 1.99. The highest BCUT2D eigenvalue weighted by Gasteiger charge is 2.01. The number of hydrogen-bond acceptors (Lipinski definition) is 3. The van der Waals surface area contributed by atoms with Crippen LogP contribution < -0.4 is 5.32 Å². The van der Waals surface area contributed by atoms with E-state index >= 15 is 0 Å². The minimum atomic E-state index is -0.170. The zero-order valence-electron chi connectivity index (χ0n) is 9.86. The predicted molar refractivity (Wildman–Crippen MR) is 63.9 cm³/mol. The molecule has 16 heavy (non-hydrogen) atoms. The van der Waals surface area contributed by atoms with Gasteiger partial charge in [-0.1, -0.05) is 18.7 Å². The maximum absolute atomic E-state index is 11.3. The van der Waals surface area contributed by atoms with E-state index in [1.165, 1.54) is 0 Å². The van der Waals surface area contributed by atoms with Crippen molar-refractivity contribution >= 4 is 5.91 Å². The van der Waals surface area contributed by atoms with E-state index in [2.05, 4.69) is 11.9 Å². The van der Waals surface area contributed by atoms with Crippen LogP contribution >= 0.6 is 0 Å². The van der Waals surface area contributed by atoms with Gasteiger partial charge in [-0.2, -0.15) is 0 Å². The number of amides is 1. The largest absolute Gasteiger partial charge is 0.484 e. The molecule has 0 unspecified atom stereocenters. The molecule has 0 rings (SSSR count). The van der Waals surface area contributed by atoms with Crippen LogP contribution in [0.2, 0.25) is 0 Å². The Bertz CT molecular complexity index is 269. The lowest BCUT2D eigenvalue weighted by atomic mass is 10.4. The van der Waals surface area contributed by atoms with E-state index in [9.17, 15) is 4.79 Å². The summed E-state index contributed by atoms with van der Waals surface area (Å²) in [5.74, 6) is 0.441. The van der Waals surface area contributed by atoms with Gasteiger partial charge in [0.05, 0.1) is 6.61 Å². The molecular weight excluding hydrogens is 206 g/mol. The standard InChI is InChI=1S/C12H19NO3/c1-4-6-11(7-5-2)16-10-12(14)13-8-9-15-3/h4-7H,1,8-10H2,2-3H3,(H,13,14)/b7-5-,11-6+. The zero-order chi connectivity index (χ0) is 12.2. The first-order valence-corrected chi connectivity index (χ1v) is 5.08. The predicted octanol–water partition coefficient (Wildman–Crippen LogP) is 1.41. The summed E-state index contributed by atoms with van der Waals surface area (Å²) in [6.45, 7) is 6.42. The second-order valence-corrected chi connectivity index (χ2v) is 2.94. The average molecular weight is 225 g/mol. The third-order valence-electron chi connectivity index (χ3n) is 1.61. The Labute approximate surface area is 96.6 Å². The number of rotatable bonds is 8. The normalized spacial score (nSPS) is 11.5. The van der Waals surface area contributed by atoms with Gasteiger partial charge in [-0.25, -0.2) is 0 Å². The minimum Gasteiger partial charge on any atom is -0.484 e. The fourth-order valence-electron chi connectivity index (χ4n) is 0.925. The Hall–Kier alpha value is -1.55. The van der Waals surface area contributed by atoms with E-state index in [4.69, 9.17) is 9.47 Å². The van der Waals surface area contributed by atoms with Gasteiger partial charge >= 0.3 is 0 Å². The van der Waals surface area contributed by atoms with Gasteiger partial charge < -0.3 is 14.8 Å². The Morgan fingerprint density at radius 1 is 1.50 bits per heavy atom. The molecular formula is C12H19NO3. The number of carbonyl (C=O) groups excluding carboxylic acids is 1. The molecule has 4 heteroatoms. The van der Waals surface area contributed by atoms with Crippen molar-refractivity contribution in [3.63, 3.8) is 0 Å². The molecule has 1 N–H and O–H groups in total. The molecule has 0 aliphatic heterocycles. The molecule has 0 spiro atoms. The lowest BCUT2D eigenvalue weighted by Gasteiger charge is -2.07. The topological polar surface area (TPSA) is 47.6 Å². The van der Waals surface area contributed by atoms with Crippen molar-refractivity contribution in [2.24, 2.45) is 0 Å². The molecule has 0 saturated heterocycles. The number of carbonyl (C=O) groups is 1. The molecule has 0 heterocycles. The van der Waals surface area contributed by atoms with Crippen LogP contribution in [0.15, 0.2) is 36.6 Å². The third kappa shape index (κ3) is 7.82. The minimum absolute atomic E-state index is 0.00622. The molecule has 0 aliphatic carbocycles. The monoisotopic (exact) mass is 225 g/mol. The van der Waals surface area contributed by atoms with Gasteiger partial charge in [-0.15, -0.1) is 0 Å². The third-order valence-corrected chi connectivity index (χ3v) is 1.61. The van der Waals surface area contributed by atoms with E-state index < -0.39 is 0 Å². The summed E-state index contributed by atoms with van der Waals surface area (Å²) in [5.41, 5.74) is 0. The van der Waals surface area contributed by atoms with E-state index in [-0.39, 0.29) is 12.5 Å². The van der Waals surface area contributed by atoms with Gasteiger partial charge in [0.1, 0.15) is 5.76 Å². The van der Waals surface area contributed by atoms with Gasteiger partial charge in [0.15, 0.2) is 6.61 Å². The summed E-state index contributed by atoms with van der Waals surface area (Å²) >= 11 is 0. The van der Waals surface area contributed by atoms with E-state index in [1.54, 1.807) is 25.3 Å². The SMILES string of the molecule is C=C/C=C(\C=C/C)OCC(=O)NCCOC. The molecule has 4 nitrogen and oxygen atoms in total. The molecule has 0 atom stereocenters. The second-order valence-electron chi connectivity index (χ2n) is 2.94. The van der Waals surface area contributed by atoms with Crippen LogP contribution in [0.4, 0.5) is 0 Å². The number of allylic oxidation sites excluding steroid dienone is 4. The molecule has 0 aromatic carbocycles. The highest BCUT2D eigenvalue weighted by atomic mass is 16.5. The lowest BCUT2D eigenvalue weighted by Crippen LogP contribution is -2.30. The van der Waals surface area contributed by atoms with Crippen molar-refractivity contribution in [2.75, 3.05) is 26.9 Å². The number of ether oxygens (including phenoxy) is 2. The molecule has 0 fully saturated rings. The van der Waals surface area contributed by atoms with Crippen LogP contribution in [-0.4, -0.2) is 32.8 Å². The first-order valence-electron chi connectivity index (χ1n) is 5.08. The van der Waals surface area contributed by atoms with Crippen molar-refractivity contribution in [1.82, 2.24) is 5.32 Å². The van der Waals surface area contributed by atoms with Crippen molar-refractivity contribution < 1.29 is 14.3 Å². The van der Waals surface area contributed by atoms with Crippen LogP contribution in [0.1, 0.15) is 6.92 Å². The average Bonchev–Trinajstić information content (AvgIpc) is 2.27. The van der Waals surface area contributed by atoms with Gasteiger partial charge in [0.25, 0.3) is 5.91 Å². The summed E-state index contributed by atoms with van der Waals surface area (Å²) in [5, 5.41) is 2.66. The second kappa shape index (κ2) is 9.98. The molecule has 1 amide bonds. The lowest BCUT2D eigenvalue weighted by molar-refractivity contribution is -0.124. The van der Waals surface area contributed by atoms with Crippen LogP contribution in [0.25, 0.3) is 0 Å². The molecule has 0 saturated carbocycles. The summed E-state index contributed by atoms with van der Waals surface area (Å²) in [6, 6.07) is 0. The zero-order valence-corrected chi connectivity index (χ0v) is 9.86. The van der Waals surface area contributed by atoms with Crippen LogP contribution in [0.3, 0.4) is 0 Å². The first kappa shape index (κ1) is 14.5. The van der Waals surface area contributed by atoms with E-state index in [1.807, 2.05) is 13.0 Å². The van der Waals surface area contributed by atoms with Gasteiger partial charge in [-0.05, 0) is 19.1 Å². The van der Waals surface area contributed by atoms with Gasteiger partial charge in [0.2, 0.25) is 0 Å². The highest BCUT2D eigenvalue weighted by molar-refractivity contribution is 5.77. The summed E-state index contributed by atoms with van der Waals surface area (Å²) in [7, 11) is 1.58. The maximum atomic E-state index is 11.3. The van der Waals surface area contributed by atoms with Crippen molar-refractivity contribution in [3.05, 3.63) is 36.6 Å². The van der Waals surface area contributed by atoms with Crippen molar-refractivity contribution in [1.29, 1.82) is 0 Å². The molecule has 0 aliphatic rings.